The van der Waals surface area contributed by atoms with E-state index in [1.165, 1.54) is 48.7 Å². The van der Waals surface area contributed by atoms with Gasteiger partial charge in [-0.1, -0.05) is 91.8 Å². The number of aryl methyl sites for hydroxylation is 11. The summed E-state index contributed by atoms with van der Waals surface area (Å²) < 4.78 is 0. The molecule has 1 aromatic carbocycles. The molecule has 0 aliphatic carbocycles. The van der Waals surface area contributed by atoms with E-state index in [9.17, 15) is 0 Å². The number of benzene rings is 1. The first kappa shape index (κ1) is 98.6. The normalized spacial score (nSPS) is 6.88. The molecular formula is C49H86N3SY5-5. The Bertz CT molecular complexity index is 1170. The van der Waals surface area contributed by atoms with Crippen LogP contribution in [0.2, 0.25) is 0 Å². The third-order valence-corrected chi connectivity index (χ3v) is 7.63. The molecular weight excluding hydrogens is 1110 g/mol. The van der Waals surface area contributed by atoms with Gasteiger partial charge in [-0.2, -0.15) is 0 Å². The largest absolute Gasteiger partial charge is 0.358 e. The second-order valence-corrected chi connectivity index (χ2v) is 11.4. The van der Waals surface area contributed by atoms with E-state index in [-0.39, 0.29) is 201 Å². The fourth-order valence-electron chi connectivity index (χ4n) is 3.09. The Morgan fingerprint density at radius 3 is 0.828 bits per heavy atom. The Hall–Kier alpha value is 1.89. The number of pyridine rings is 3. The van der Waals surface area contributed by atoms with Gasteiger partial charge in [-0.15, -0.1) is 11.3 Å². The molecule has 5 aromatic rings. The van der Waals surface area contributed by atoms with Crippen molar-refractivity contribution in [2.24, 2.45) is 0 Å². The fourth-order valence-corrected chi connectivity index (χ4v) is 4.03. The van der Waals surface area contributed by atoms with E-state index in [4.69, 9.17) is 0 Å². The molecule has 4 heterocycles. The molecule has 0 aliphatic heterocycles. The molecule has 0 saturated carbocycles. The van der Waals surface area contributed by atoms with E-state index in [1.54, 1.807) is 0 Å². The average molecular weight is 1190 g/mol. The molecule has 0 unspecified atom stereocenters. The topological polar surface area (TPSA) is 38.7 Å². The van der Waals surface area contributed by atoms with E-state index < -0.39 is 0 Å². The summed E-state index contributed by atoms with van der Waals surface area (Å²) in [4.78, 5) is 15.0. The van der Waals surface area contributed by atoms with Crippen molar-refractivity contribution in [1.82, 2.24) is 15.0 Å². The van der Waals surface area contributed by atoms with Crippen molar-refractivity contribution in [3.05, 3.63) is 183 Å². The number of aromatic nitrogens is 3. The third-order valence-electron chi connectivity index (χ3n) is 6.56. The number of hydrogen-bond donors (Lipinski definition) is 0. The molecule has 0 bridgehead atoms. The summed E-state index contributed by atoms with van der Waals surface area (Å²) in [6, 6.07) is 20.6. The van der Waals surface area contributed by atoms with Crippen LogP contribution in [0.3, 0.4) is 0 Å². The van der Waals surface area contributed by atoms with Crippen LogP contribution in [0.5, 0.6) is 0 Å². The van der Waals surface area contributed by atoms with Gasteiger partial charge in [0.15, 0.2) is 0 Å². The zero-order chi connectivity index (χ0) is 38.1. The Labute approximate surface area is 496 Å². The molecule has 0 saturated heterocycles. The molecule has 5 radical (unpaired) electrons. The first-order chi connectivity index (χ1) is 22.9. The average Bonchev–Trinajstić information content (AvgIpc) is 3.41. The minimum Gasteiger partial charge on any atom is -0.358 e. The molecule has 0 fully saturated rings. The molecule has 9 heteroatoms. The number of thiophene rings is 1. The van der Waals surface area contributed by atoms with Crippen molar-refractivity contribution >= 4 is 11.3 Å². The van der Waals surface area contributed by atoms with Crippen molar-refractivity contribution in [3.63, 3.8) is 0 Å². The van der Waals surface area contributed by atoms with Gasteiger partial charge in [0.1, 0.15) is 0 Å². The smallest absolute Gasteiger partial charge is 0.0401 e. The van der Waals surface area contributed by atoms with Gasteiger partial charge in [-0.05, 0) is 139 Å². The van der Waals surface area contributed by atoms with E-state index in [0.717, 1.165) is 11.4 Å². The predicted octanol–water partition coefficient (Wildman–Crippen LogP) is 16.4. The Balaban J connectivity index is -0.0000000320. The minimum absolute atomic E-state index is 0. The Morgan fingerprint density at radius 1 is 0.362 bits per heavy atom. The maximum absolute atomic E-state index is 4.08. The van der Waals surface area contributed by atoms with Crippen LogP contribution in [-0.2, 0) is 164 Å². The zero-order valence-corrected chi connectivity index (χ0v) is 57.2. The summed E-state index contributed by atoms with van der Waals surface area (Å²) in [6.45, 7) is 39.0. The summed E-state index contributed by atoms with van der Waals surface area (Å²) in [7, 11) is 0. The summed E-state index contributed by atoms with van der Waals surface area (Å²) >= 11 is 1.87. The van der Waals surface area contributed by atoms with Gasteiger partial charge in [0, 0.05) is 209 Å². The van der Waals surface area contributed by atoms with Gasteiger partial charge in [0.25, 0.3) is 0 Å². The molecule has 0 amide bonds. The van der Waals surface area contributed by atoms with E-state index in [2.05, 4.69) is 120 Å². The summed E-state index contributed by atoms with van der Waals surface area (Å²) in [5.74, 6) is 0. The third kappa shape index (κ3) is 55.9. The van der Waals surface area contributed by atoms with Gasteiger partial charge < -0.3 is 37.1 Å². The monoisotopic (exact) mass is 1190 g/mol. The van der Waals surface area contributed by atoms with E-state index in [0.29, 0.717) is 0 Å². The van der Waals surface area contributed by atoms with Crippen LogP contribution < -0.4 is 0 Å². The first-order valence-electron chi connectivity index (χ1n) is 17.6. The van der Waals surface area contributed by atoms with Crippen LogP contribution >= 0.6 is 11.3 Å². The zero-order valence-electron chi connectivity index (χ0n) is 42.2. The van der Waals surface area contributed by atoms with Crippen molar-refractivity contribution in [2.75, 3.05) is 0 Å². The molecule has 0 atom stereocenters. The van der Waals surface area contributed by atoms with Crippen LogP contribution in [0.1, 0.15) is 115 Å². The van der Waals surface area contributed by atoms with Gasteiger partial charge in [0.05, 0.1) is 0 Å². The van der Waals surface area contributed by atoms with Gasteiger partial charge >= 0.3 is 0 Å². The number of nitrogens with zero attached hydrogens (tertiary/aromatic N) is 3. The number of hydrogen-bond acceptors (Lipinski definition) is 4. The van der Waals surface area contributed by atoms with Crippen molar-refractivity contribution in [1.29, 1.82) is 0 Å². The molecule has 0 spiro atoms. The first-order valence-corrected chi connectivity index (χ1v) is 18.4. The maximum atomic E-state index is 4.08. The Kier molecular flexibility index (Phi) is 120. The standard InChI is InChI=1S/C8H10.3C7H9N.C7H10S.4C2H6.5CH3.5Y/c1-7-5-3-4-6-8(7)2;1-6-3-4-8-5-7(6)2;2*1-6-4-3-5-8-7(6)2;1-5-4-6(2)8-7(5)3;4*1-2;;;;;;;;;;/h3-6H,1-2H3;3*3-5H,1-2H3;4H,1-3H3;4*1-2H3;5*1H3;;;;;/q;;;;;;;;;5*-1;;;;;. The summed E-state index contributed by atoms with van der Waals surface area (Å²) in [6.07, 6.45) is 7.29. The quantitative estimate of drug-likeness (QED) is 0.145. The molecule has 0 N–H and O–H groups in total. The predicted molar refractivity (Wildman–Crippen MR) is 253 cm³/mol. The molecule has 5 rings (SSSR count). The molecule has 3 nitrogen and oxygen atoms in total. The van der Waals surface area contributed by atoms with Gasteiger partial charge in [0.2, 0.25) is 0 Å². The van der Waals surface area contributed by atoms with Crippen LogP contribution in [0, 0.1) is 113 Å². The van der Waals surface area contributed by atoms with Gasteiger partial charge in [-0.25, -0.2) is 0 Å². The van der Waals surface area contributed by atoms with Crippen LogP contribution in [0.15, 0.2) is 85.5 Å². The summed E-state index contributed by atoms with van der Waals surface area (Å²) in [5, 5.41) is 0. The SMILES string of the molecule is CC.CC.CC.CC.Cc1cc(C)c(C)s1.Cc1ccccc1C.Cc1cccnc1C.Cc1cccnc1C.Cc1ccncc1C.[CH3-].[CH3-].[CH3-].[CH3-].[CH3-].[Y].[Y].[Y].[Y].[Y]. The van der Waals surface area contributed by atoms with Crippen LogP contribution in [0.25, 0.3) is 0 Å². The number of rotatable bonds is 0. The molecule has 323 valence electrons. The fraction of sp³-hybridized carbons (Fsp3) is 0.388. The minimum atomic E-state index is 0. The second-order valence-electron chi connectivity index (χ2n) is 9.95. The van der Waals surface area contributed by atoms with Gasteiger partial charge in [-0.3, -0.25) is 15.0 Å². The van der Waals surface area contributed by atoms with Crippen LogP contribution in [0.4, 0.5) is 0 Å². The molecule has 0 aliphatic rings. The molecule has 58 heavy (non-hydrogen) atoms. The van der Waals surface area contributed by atoms with Crippen molar-refractivity contribution in [3.8, 4) is 0 Å². The second kappa shape index (κ2) is 70.6. The van der Waals surface area contributed by atoms with Crippen molar-refractivity contribution < 1.29 is 164 Å². The molecule has 4 aromatic heterocycles. The van der Waals surface area contributed by atoms with E-state index in [1.807, 2.05) is 124 Å². The Morgan fingerprint density at radius 2 is 0.672 bits per heavy atom. The van der Waals surface area contributed by atoms with Crippen molar-refractivity contribution in [2.45, 2.75) is 132 Å². The van der Waals surface area contributed by atoms with E-state index >= 15 is 0 Å². The maximum Gasteiger partial charge on any atom is 0.0401 e. The van der Waals surface area contributed by atoms with Crippen LogP contribution in [-0.4, -0.2) is 15.0 Å². The summed E-state index contributed by atoms with van der Waals surface area (Å²) in [5.41, 5.74) is 11.5.